The summed E-state index contributed by atoms with van der Waals surface area (Å²) in [6.07, 6.45) is 12.5. The molecule has 2 rings (SSSR count). The Bertz CT molecular complexity index is 303. The molecule has 0 spiro atoms. The first kappa shape index (κ1) is 15.2. The predicted octanol–water partition coefficient (Wildman–Crippen LogP) is 2.70. The summed E-state index contributed by atoms with van der Waals surface area (Å²) in [6.45, 7) is 0. The molecule has 0 aromatic heterocycles. The Morgan fingerprint density at radius 1 is 1.26 bits per heavy atom. The van der Waals surface area contributed by atoms with E-state index in [4.69, 9.17) is 0 Å². The summed E-state index contributed by atoms with van der Waals surface area (Å²) >= 11 is 1.94. The quantitative estimate of drug-likeness (QED) is 0.815. The third kappa shape index (κ3) is 4.12. The van der Waals surface area contributed by atoms with Gasteiger partial charge in [0.25, 0.3) is 0 Å². The highest BCUT2D eigenvalue weighted by molar-refractivity contribution is 7.99. The first-order valence-electron chi connectivity index (χ1n) is 7.68. The molecule has 1 amide bonds. The molecule has 4 heteroatoms. The fourth-order valence-electron chi connectivity index (χ4n) is 3.62. The number of hydrogen-bond acceptors (Lipinski definition) is 3. The Kier molecular flexibility index (Phi) is 5.58. The Labute approximate surface area is 121 Å². The van der Waals surface area contributed by atoms with Crippen molar-refractivity contribution in [3.05, 3.63) is 0 Å². The van der Waals surface area contributed by atoms with Gasteiger partial charge in [-0.15, -0.1) is 0 Å². The maximum atomic E-state index is 12.3. The van der Waals surface area contributed by atoms with Crippen molar-refractivity contribution in [3.63, 3.8) is 0 Å². The molecule has 2 saturated carbocycles. The summed E-state index contributed by atoms with van der Waals surface area (Å²) in [5, 5.41) is 7.43. The van der Waals surface area contributed by atoms with E-state index in [0.717, 1.165) is 30.9 Å². The summed E-state index contributed by atoms with van der Waals surface area (Å²) < 4.78 is 0. The molecule has 0 saturated heterocycles. The highest BCUT2D eigenvalue weighted by Crippen LogP contribution is 2.32. The molecule has 2 unspecified atom stereocenters. The van der Waals surface area contributed by atoms with Crippen LogP contribution < -0.4 is 10.6 Å². The average Bonchev–Trinajstić information content (AvgIpc) is 2.87. The molecule has 2 aliphatic rings. The van der Waals surface area contributed by atoms with E-state index in [0.29, 0.717) is 12.5 Å². The maximum absolute atomic E-state index is 12.3. The molecule has 0 bridgehead atoms. The molecule has 0 radical (unpaired) electrons. The second-order valence-corrected chi connectivity index (χ2v) is 7.34. The molecule has 2 fully saturated rings. The van der Waals surface area contributed by atoms with E-state index in [-0.39, 0.29) is 11.4 Å². The van der Waals surface area contributed by atoms with E-state index in [9.17, 15) is 4.79 Å². The number of hydrogen-bond donors (Lipinski definition) is 2. The monoisotopic (exact) mass is 284 g/mol. The van der Waals surface area contributed by atoms with E-state index in [1.54, 1.807) is 0 Å². The molecule has 2 N–H and O–H groups in total. The fourth-order valence-corrected chi connectivity index (χ4v) is 4.41. The Hall–Kier alpha value is -0.220. The van der Waals surface area contributed by atoms with Crippen LogP contribution in [-0.4, -0.2) is 36.0 Å². The lowest BCUT2D eigenvalue weighted by molar-refractivity contribution is -0.123. The number of thioether (sulfide) groups is 1. The number of carbonyl (C=O) groups is 1. The van der Waals surface area contributed by atoms with Gasteiger partial charge in [0.15, 0.2) is 0 Å². The lowest BCUT2D eigenvalue weighted by Crippen LogP contribution is -2.49. The predicted molar refractivity (Wildman–Crippen MR) is 82.6 cm³/mol. The largest absolute Gasteiger partial charge is 0.353 e. The van der Waals surface area contributed by atoms with Crippen molar-refractivity contribution < 1.29 is 4.79 Å². The molecule has 0 aromatic carbocycles. The second kappa shape index (κ2) is 6.98. The third-order valence-electron chi connectivity index (χ3n) is 4.92. The van der Waals surface area contributed by atoms with E-state index in [1.165, 1.54) is 25.7 Å². The minimum absolute atomic E-state index is 0.0693. The average molecular weight is 284 g/mol. The molecule has 2 aliphatic carbocycles. The van der Waals surface area contributed by atoms with Crippen LogP contribution in [0.3, 0.4) is 0 Å². The van der Waals surface area contributed by atoms with Gasteiger partial charge in [-0.25, -0.2) is 0 Å². The molecule has 19 heavy (non-hydrogen) atoms. The van der Waals surface area contributed by atoms with E-state index in [1.807, 2.05) is 18.8 Å². The lowest BCUT2D eigenvalue weighted by atomic mass is 9.79. The minimum Gasteiger partial charge on any atom is -0.353 e. The number of carbonyl (C=O) groups excluding carboxylic acids is 1. The normalized spacial score (nSPS) is 30.2. The summed E-state index contributed by atoms with van der Waals surface area (Å²) in [6, 6.07) is 0.419. The van der Waals surface area contributed by atoms with Gasteiger partial charge in [0.05, 0.1) is 0 Å². The van der Waals surface area contributed by atoms with Crippen molar-refractivity contribution in [2.45, 2.75) is 74.6 Å². The summed E-state index contributed by atoms with van der Waals surface area (Å²) in [5.74, 6) is 0.253. The molecular weight excluding hydrogens is 256 g/mol. The van der Waals surface area contributed by atoms with Gasteiger partial charge in [0.1, 0.15) is 0 Å². The lowest BCUT2D eigenvalue weighted by Gasteiger charge is -2.37. The van der Waals surface area contributed by atoms with Crippen molar-refractivity contribution in [1.29, 1.82) is 0 Å². The van der Waals surface area contributed by atoms with E-state index < -0.39 is 0 Å². The molecule has 0 heterocycles. The highest BCUT2D eigenvalue weighted by atomic mass is 32.2. The van der Waals surface area contributed by atoms with E-state index in [2.05, 4.69) is 16.9 Å². The van der Waals surface area contributed by atoms with Crippen LogP contribution in [0.4, 0.5) is 0 Å². The van der Waals surface area contributed by atoms with Gasteiger partial charge in [0.2, 0.25) is 5.91 Å². The molecule has 0 aliphatic heterocycles. The van der Waals surface area contributed by atoms with Gasteiger partial charge < -0.3 is 10.6 Å². The van der Waals surface area contributed by atoms with Crippen LogP contribution in [0, 0.1) is 0 Å². The van der Waals surface area contributed by atoms with Crippen LogP contribution >= 0.6 is 11.8 Å². The van der Waals surface area contributed by atoms with Gasteiger partial charge in [-0.05, 0) is 45.4 Å². The van der Waals surface area contributed by atoms with Crippen LogP contribution in [0.1, 0.15) is 57.8 Å². The van der Waals surface area contributed by atoms with Crippen molar-refractivity contribution in [2.75, 3.05) is 13.3 Å². The molecule has 0 aromatic rings. The summed E-state index contributed by atoms with van der Waals surface area (Å²) in [5.41, 5.74) is 0.0693. The summed E-state index contributed by atoms with van der Waals surface area (Å²) in [4.78, 5) is 12.3. The first-order valence-corrected chi connectivity index (χ1v) is 8.97. The highest BCUT2D eigenvalue weighted by Gasteiger charge is 2.34. The van der Waals surface area contributed by atoms with Crippen LogP contribution in [0.15, 0.2) is 0 Å². The number of nitrogens with one attached hydrogen (secondary N) is 2. The zero-order valence-electron chi connectivity index (χ0n) is 12.3. The summed E-state index contributed by atoms with van der Waals surface area (Å²) in [7, 11) is 2.01. The van der Waals surface area contributed by atoms with Crippen LogP contribution in [0.5, 0.6) is 0 Å². The third-order valence-corrected chi connectivity index (χ3v) is 6.02. The SMILES string of the molecule is CNC1(CC(=O)NC2CCC(SC)C2)CCCCC1. The standard InChI is InChI=1S/C15H28N2OS/c1-16-15(8-4-3-5-9-15)11-14(18)17-12-6-7-13(10-12)19-2/h12-13,16H,3-11H2,1-2H3,(H,17,18). The van der Waals surface area contributed by atoms with Crippen LogP contribution in [0.25, 0.3) is 0 Å². The second-order valence-electron chi connectivity index (χ2n) is 6.20. The van der Waals surface area contributed by atoms with E-state index >= 15 is 0 Å². The zero-order chi connectivity index (χ0) is 13.7. The van der Waals surface area contributed by atoms with Gasteiger partial charge >= 0.3 is 0 Å². The van der Waals surface area contributed by atoms with Crippen molar-refractivity contribution in [3.8, 4) is 0 Å². The zero-order valence-corrected chi connectivity index (χ0v) is 13.2. The van der Waals surface area contributed by atoms with Gasteiger partial charge in [-0.1, -0.05) is 19.3 Å². The van der Waals surface area contributed by atoms with Gasteiger partial charge in [-0.2, -0.15) is 11.8 Å². The van der Waals surface area contributed by atoms with Crippen LogP contribution in [0.2, 0.25) is 0 Å². The van der Waals surface area contributed by atoms with Crippen molar-refractivity contribution in [2.24, 2.45) is 0 Å². The molecule has 110 valence electrons. The number of amides is 1. The molecule has 3 nitrogen and oxygen atoms in total. The van der Waals surface area contributed by atoms with Crippen molar-refractivity contribution >= 4 is 17.7 Å². The van der Waals surface area contributed by atoms with Crippen LogP contribution in [-0.2, 0) is 4.79 Å². The molecular formula is C15H28N2OS. The Morgan fingerprint density at radius 3 is 2.58 bits per heavy atom. The van der Waals surface area contributed by atoms with Gasteiger partial charge in [0, 0.05) is 23.3 Å². The van der Waals surface area contributed by atoms with Crippen molar-refractivity contribution in [1.82, 2.24) is 10.6 Å². The van der Waals surface area contributed by atoms with Gasteiger partial charge in [-0.3, -0.25) is 4.79 Å². The Morgan fingerprint density at radius 2 is 2.00 bits per heavy atom. The minimum atomic E-state index is 0.0693. The Balaban J connectivity index is 1.80. The molecule has 2 atom stereocenters. The number of rotatable bonds is 5. The fraction of sp³-hybridized carbons (Fsp3) is 0.933. The smallest absolute Gasteiger partial charge is 0.222 e. The topological polar surface area (TPSA) is 41.1 Å². The maximum Gasteiger partial charge on any atom is 0.222 e. The first-order chi connectivity index (χ1) is 9.17.